The number of aliphatic hydroxyl groups is 1. The molecule has 8 nitrogen and oxygen atoms in total. The van der Waals surface area contributed by atoms with Gasteiger partial charge in [0.15, 0.2) is 0 Å². The molecule has 1 amide bonds. The molecule has 0 unspecified atom stereocenters. The molecule has 0 spiro atoms. The summed E-state index contributed by atoms with van der Waals surface area (Å²) in [5, 5.41) is 11.1. The summed E-state index contributed by atoms with van der Waals surface area (Å²) in [5.74, 6) is -0.218. The van der Waals surface area contributed by atoms with Crippen molar-refractivity contribution in [3.63, 3.8) is 0 Å². The van der Waals surface area contributed by atoms with Crippen LogP contribution in [0.1, 0.15) is 30.5 Å². The molecule has 1 N–H and O–H groups in total. The van der Waals surface area contributed by atoms with E-state index in [-0.39, 0.29) is 11.3 Å². The number of carbonyl (C=O) groups excluding carboxylic acids is 2. The minimum atomic E-state index is -0.708. The molecule has 0 aliphatic carbocycles. The zero-order chi connectivity index (χ0) is 24.1. The standard InChI is InChI=1S/C26H27N3O5/c1-3-34-21-11-5-18(6-12-21)23-22(24(30)19-7-9-20(33-2)10-8-19)25(31)26(32)29(23)15-4-14-28-16-13-27-17-28/h5-13,16-17,23,30H,3-4,14-15H2,1-2H3/t23-/m0/s1. The van der Waals surface area contributed by atoms with Crippen LogP contribution < -0.4 is 9.47 Å². The Morgan fingerprint density at radius 2 is 1.74 bits per heavy atom. The van der Waals surface area contributed by atoms with Crippen LogP contribution in [0.5, 0.6) is 11.5 Å². The Bertz CT molecular complexity index is 1170. The number of nitrogens with zero attached hydrogens (tertiary/aromatic N) is 3. The van der Waals surface area contributed by atoms with Crippen LogP contribution in [0.4, 0.5) is 0 Å². The molecule has 2 heterocycles. The quantitative estimate of drug-likeness (QED) is 0.296. The Morgan fingerprint density at radius 3 is 2.35 bits per heavy atom. The van der Waals surface area contributed by atoms with Crippen molar-refractivity contribution in [1.29, 1.82) is 0 Å². The molecule has 2 aromatic carbocycles. The van der Waals surface area contributed by atoms with E-state index in [9.17, 15) is 14.7 Å². The van der Waals surface area contributed by atoms with Crippen molar-refractivity contribution in [2.24, 2.45) is 0 Å². The molecule has 1 saturated heterocycles. The number of rotatable bonds is 9. The van der Waals surface area contributed by atoms with Gasteiger partial charge in [0, 0.05) is 31.0 Å². The van der Waals surface area contributed by atoms with E-state index in [1.807, 2.05) is 29.8 Å². The van der Waals surface area contributed by atoms with Crippen molar-refractivity contribution >= 4 is 17.4 Å². The molecule has 34 heavy (non-hydrogen) atoms. The van der Waals surface area contributed by atoms with Crippen LogP contribution in [0.15, 0.2) is 72.8 Å². The number of amides is 1. The average molecular weight is 462 g/mol. The lowest BCUT2D eigenvalue weighted by Gasteiger charge is -2.25. The number of hydrogen-bond donors (Lipinski definition) is 1. The summed E-state index contributed by atoms with van der Waals surface area (Å²) in [4.78, 5) is 31.8. The average Bonchev–Trinajstić information content (AvgIpc) is 3.47. The molecule has 1 aliphatic heterocycles. The first kappa shape index (κ1) is 23.1. The summed E-state index contributed by atoms with van der Waals surface area (Å²) < 4.78 is 12.6. The lowest BCUT2D eigenvalue weighted by atomic mass is 9.95. The number of benzene rings is 2. The van der Waals surface area contributed by atoms with Gasteiger partial charge in [-0.05, 0) is 55.3 Å². The Hall–Kier alpha value is -4.07. The van der Waals surface area contributed by atoms with Gasteiger partial charge in [-0.2, -0.15) is 0 Å². The van der Waals surface area contributed by atoms with Gasteiger partial charge in [-0.15, -0.1) is 0 Å². The highest BCUT2D eigenvalue weighted by molar-refractivity contribution is 6.46. The van der Waals surface area contributed by atoms with Crippen LogP contribution in [0.2, 0.25) is 0 Å². The largest absolute Gasteiger partial charge is 0.507 e. The van der Waals surface area contributed by atoms with Crippen molar-refractivity contribution in [1.82, 2.24) is 14.5 Å². The van der Waals surface area contributed by atoms with Gasteiger partial charge in [0.2, 0.25) is 0 Å². The second kappa shape index (κ2) is 10.2. The number of Topliss-reactive ketones (excluding diaryl/α,β-unsaturated/α-hetero) is 1. The van der Waals surface area contributed by atoms with E-state index in [4.69, 9.17) is 9.47 Å². The smallest absolute Gasteiger partial charge is 0.295 e. The van der Waals surface area contributed by atoms with Gasteiger partial charge in [0.05, 0.1) is 31.7 Å². The number of likely N-dealkylation sites (tertiary alicyclic amines) is 1. The summed E-state index contributed by atoms with van der Waals surface area (Å²) in [6.45, 7) is 3.43. The third kappa shape index (κ3) is 4.66. The van der Waals surface area contributed by atoms with Crippen LogP contribution in [-0.2, 0) is 16.1 Å². The Labute approximate surface area is 198 Å². The van der Waals surface area contributed by atoms with Crippen molar-refractivity contribution in [2.45, 2.75) is 25.9 Å². The van der Waals surface area contributed by atoms with Gasteiger partial charge < -0.3 is 24.0 Å². The Morgan fingerprint density at radius 1 is 1.03 bits per heavy atom. The zero-order valence-corrected chi connectivity index (χ0v) is 19.2. The number of hydrogen-bond acceptors (Lipinski definition) is 6. The van der Waals surface area contributed by atoms with Crippen LogP contribution in [0.3, 0.4) is 0 Å². The number of aryl methyl sites for hydroxylation is 1. The molecule has 8 heteroatoms. The first-order valence-electron chi connectivity index (χ1n) is 11.1. The molecule has 0 bridgehead atoms. The predicted molar refractivity (Wildman–Crippen MR) is 126 cm³/mol. The van der Waals surface area contributed by atoms with Crippen molar-refractivity contribution in [3.8, 4) is 11.5 Å². The number of imidazole rings is 1. The minimum absolute atomic E-state index is 0.0713. The number of aliphatic hydroxyl groups excluding tert-OH is 1. The number of ketones is 1. The molecule has 1 aromatic heterocycles. The van der Waals surface area contributed by atoms with Gasteiger partial charge in [-0.1, -0.05) is 12.1 Å². The van der Waals surface area contributed by atoms with Gasteiger partial charge in [-0.25, -0.2) is 4.98 Å². The summed E-state index contributed by atoms with van der Waals surface area (Å²) in [7, 11) is 1.55. The molecule has 3 aromatic rings. The first-order valence-corrected chi connectivity index (χ1v) is 11.1. The van der Waals surface area contributed by atoms with E-state index in [2.05, 4.69) is 4.98 Å². The fourth-order valence-corrected chi connectivity index (χ4v) is 4.12. The maximum atomic E-state index is 13.1. The highest BCUT2D eigenvalue weighted by Crippen LogP contribution is 2.40. The van der Waals surface area contributed by atoms with Crippen LogP contribution in [0, 0.1) is 0 Å². The maximum absolute atomic E-state index is 13.1. The van der Waals surface area contributed by atoms with E-state index in [0.29, 0.717) is 43.2 Å². The highest BCUT2D eigenvalue weighted by atomic mass is 16.5. The number of aromatic nitrogens is 2. The summed E-state index contributed by atoms with van der Waals surface area (Å²) >= 11 is 0. The van der Waals surface area contributed by atoms with E-state index >= 15 is 0 Å². The summed E-state index contributed by atoms with van der Waals surface area (Å²) in [5.41, 5.74) is 1.23. The fraction of sp³-hybridized carbons (Fsp3) is 0.269. The third-order valence-corrected chi connectivity index (χ3v) is 5.78. The molecule has 4 rings (SSSR count). The zero-order valence-electron chi connectivity index (χ0n) is 19.2. The van der Waals surface area contributed by atoms with Gasteiger partial charge >= 0.3 is 0 Å². The molecular formula is C26H27N3O5. The van der Waals surface area contributed by atoms with Gasteiger partial charge in [0.1, 0.15) is 17.3 Å². The molecule has 0 saturated carbocycles. The van der Waals surface area contributed by atoms with E-state index in [0.717, 1.165) is 5.56 Å². The van der Waals surface area contributed by atoms with Gasteiger partial charge in [0.25, 0.3) is 11.7 Å². The van der Waals surface area contributed by atoms with Crippen molar-refractivity contribution in [3.05, 3.63) is 84.0 Å². The van der Waals surface area contributed by atoms with Crippen LogP contribution in [0.25, 0.3) is 5.76 Å². The predicted octanol–water partition coefficient (Wildman–Crippen LogP) is 3.80. The summed E-state index contributed by atoms with van der Waals surface area (Å²) in [6.07, 6.45) is 5.88. The van der Waals surface area contributed by atoms with Crippen LogP contribution in [-0.4, -0.2) is 51.5 Å². The molecule has 0 radical (unpaired) electrons. The normalized spacial score (nSPS) is 17.2. The topological polar surface area (TPSA) is 93.9 Å². The lowest BCUT2D eigenvalue weighted by molar-refractivity contribution is -0.139. The van der Waals surface area contributed by atoms with Gasteiger partial charge in [-0.3, -0.25) is 9.59 Å². The summed E-state index contributed by atoms with van der Waals surface area (Å²) in [6, 6.07) is 13.3. The van der Waals surface area contributed by atoms with Crippen molar-refractivity contribution in [2.75, 3.05) is 20.3 Å². The second-order valence-electron chi connectivity index (χ2n) is 7.88. The Kier molecular flexibility index (Phi) is 6.96. The van der Waals surface area contributed by atoms with E-state index < -0.39 is 17.7 Å². The minimum Gasteiger partial charge on any atom is -0.507 e. The number of methoxy groups -OCH3 is 1. The number of ether oxygens (including phenoxy) is 2. The SMILES string of the molecule is CCOc1ccc([C@H]2C(=C(O)c3ccc(OC)cc3)C(=O)C(=O)N2CCCn2ccnc2)cc1. The first-order chi connectivity index (χ1) is 16.5. The molecule has 1 aliphatic rings. The second-order valence-corrected chi connectivity index (χ2v) is 7.88. The monoisotopic (exact) mass is 461 g/mol. The number of carbonyl (C=O) groups is 2. The van der Waals surface area contributed by atoms with E-state index in [1.165, 1.54) is 4.90 Å². The fourth-order valence-electron chi connectivity index (χ4n) is 4.12. The highest BCUT2D eigenvalue weighted by Gasteiger charge is 2.45. The van der Waals surface area contributed by atoms with E-state index in [1.54, 1.807) is 56.0 Å². The third-order valence-electron chi connectivity index (χ3n) is 5.78. The molecule has 1 fully saturated rings. The molecule has 176 valence electrons. The van der Waals surface area contributed by atoms with Crippen LogP contribution >= 0.6 is 0 Å². The van der Waals surface area contributed by atoms with Crippen molar-refractivity contribution < 1.29 is 24.2 Å². The Balaban J connectivity index is 1.71. The molecule has 1 atom stereocenters. The lowest BCUT2D eigenvalue weighted by Crippen LogP contribution is -2.31. The maximum Gasteiger partial charge on any atom is 0.295 e. The molecular weight excluding hydrogens is 434 g/mol.